The molecule has 0 aromatic heterocycles. The molecule has 1 aliphatic rings. The average molecular weight is 241 g/mol. The molecular weight excluding hydrogens is 214 g/mol. The SMILES string of the molecule is CCC(C)NCC(=O)NCC1CCCN(C)C1. The summed E-state index contributed by atoms with van der Waals surface area (Å²) in [6.45, 7) is 7.79. The number of likely N-dealkylation sites (tertiary alicyclic amines) is 1. The molecule has 1 fully saturated rings. The van der Waals surface area contributed by atoms with Gasteiger partial charge in [0.25, 0.3) is 0 Å². The third-order valence-electron chi connectivity index (χ3n) is 3.53. The molecule has 1 rings (SSSR count). The first-order valence-corrected chi connectivity index (χ1v) is 6.80. The Kier molecular flexibility index (Phi) is 6.52. The van der Waals surface area contributed by atoms with Crippen molar-refractivity contribution in [3.63, 3.8) is 0 Å². The summed E-state index contributed by atoms with van der Waals surface area (Å²) < 4.78 is 0. The highest BCUT2D eigenvalue weighted by atomic mass is 16.1. The number of hydrogen-bond acceptors (Lipinski definition) is 3. The molecule has 1 amide bonds. The molecule has 2 N–H and O–H groups in total. The van der Waals surface area contributed by atoms with Gasteiger partial charge in [-0.25, -0.2) is 0 Å². The van der Waals surface area contributed by atoms with E-state index in [-0.39, 0.29) is 5.91 Å². The van der Waals surface area contributed by atoms with Gasteiger partial charge >= 0.3 is 0 Å². The van der Waals surface area contributed by atoms with Crippen LogP contribution in [0.4, 0.5) is 0 Å². The van der Waals surface area contributed by atoms with E-state index in [0.29, 0.717) is 18.5 Å². The standard InChI is InChI=1S/C13H27N3O/c1-4-11(2)14-9-13(17)15-8-12-6-5-7-16(3)10-12/h11-12,14H,4-10H2,1-3H3,(H,15,17). The van der Waals surface area contributed by atoms with Gasteiger partial charge in [0.05, 0.1) is 6.54 Å². The monoisotopic (exact) mass is 241 g/mol. The summed E-state index contributed by atoms with van der Waals surface area (Å²) >= 11 is 0. The lowest BCUT2D eigenvalue weighted by Gasteiger charge is -2.29. The molecule has 4 nitrogen and oxygen atoms in total. The second-order valence-electron chi connectivity index (χ2n) is 5.26. The normalized spacial score (nSPS) is 23.4. The Morgan fingerprint density at radius 1 is 1.53 bits per heavy atom. The van der Waals surface area contributed by atoms with Crippen molar-refractivity contribution in [3.05, 3.63) is 0 Å². The van der Waals surface area contributed by atoms with Crippen LogP contribution in [-0.2, 0) is 4.79 Å². The van der Waals surface area contributed by atoms with E-state index in [0.717, 1.165) is 19.5 Å². The average Bonchev–Trinajstić information content (AvgIpc) is 2.33. The molecule has 4 heteroatoms. The van der Waals surface area contributed by atoms with Crippen LogP contribution >= 0.6 is 0 Å². The second-order valence-corrected chi connectivity index (χ2v) is 5.26. The van der Waals surface area contributed by atoms with E-state index in [1.54, 1.807) is 0 Å². The summed E-state index contributed by atoms with van der Waals surface area (Å²) in [6, 6.07) is 0.418. The minimum Gasteiger partial charge on any atom is -0.355 e. The van der Waals surface area contributed by atoms with Crippen molar-refractivity contribution in [1.29, 1.82) is 0 Å². The first-order chi connectivity index (χ1) is 8.11. The van der Waals surface area contributed by atoms with Gasteiger partial charge < -0.3 is 15.5 Å². The van der Waals surface area contributed by atoms with Crippen LogP contribution in [0.2, 0.25) is 0 Å². The first-order valence-electron chi connectivity index (χ1n) is 6.80. The highest BCUT2D eigenvalue weighted by molar-refractivity contribution is 5.77. The largest absolute Gasteiger partial charge is 0.355 e. The number of nitrogens with one attached hydrogen (secondary N) is 2. The number of hydrogen-bond donors (Lipinski definition) is 2. The summed E-state index contributed by atoms with van der Waals surface area (Å²) in [5.74, 6) is 0.750. The van der Waals surface area contributed by atoms with Crippen LogP contribution in [0.25, 0.3) is 0 Å². The fraction of sp³-hybridized carbons (Fsp3) is 0.923. The van der Waals surface area contributed by atoms with Gasteiger partial charge in [0.2, 0.25) is 5.91 Å². The molecule has 1 aliphatic heterocycles. The minimum atomic E-state index is 0.124. The maximum absolute atomic E-state index is 11.6. The summed E-state index contributed by atoms with van der Waals surface area (Å²) in [5, 5.41) is 6.23. The van der Waals surface area contributed by atoms with Gasteiger partial charge in [-0.05, 0) is 45.7 Å². The lowest BCUT2D eigenvalue weighted by Crippen LogP contribution is -2.42. The van der Waals surface area contributed by atoms with E-state index in [4.69, 9.17) is 0 Å². The minimum absolute atomic E-state index is 0.124. The molecule has 2 unspecified atom stereocenters. The van der Waals surface area contributed by atoms with Gasteiger partial charge in [0, 0.05) is 19.1 Å². The number of carbonyl (C=O) groups is 1. The van der Waals surface area contributed by atoms with Crippen LogP contribution in [-0.4, -0.2) is 50.1 Å². The van der Waals surface area contributed by atoms with E-state index in [1.165, 1.54) is 19.4 Å². The predicted octanol–water partition coefficient (Wildman–Crippen LogP) is 0.833. The fourth-order valence-corrected chi connectivity index (χ4v) is 2.17. The molecule has 0 spiro atoms. The summed E-state index contributed by atoms with van der Waals surface area (Å²) in [7, 11) is 2.15. The second kappa shape index (κ2) is 7.67. The van der Waals surface area contributed by atoms with Crippen LogP contribution in [0, 0.1) is 5.92 Å². The third-order valence-corrected chi connectivity index (χ3v) is 3.53. The van der Waals surface area contributed by atoms with Gasteiger partial charge in [-0.2, -0.15) is 0 Å². The van der Waals surface area contributed by atoms with Crippen molar-refractivity contribution in [3.8, 4) is 0 Å². The van der Waals surface area contributed by atoms with Gasteiger partial charge in [0.15, 0.2) is 0 Å². The van der Waals surface area contributed by atoms with Crippen molar-refractivity contribution in [2.24, 2.45) is 5.92 Å². The Bertz CT molecular complexity index is 233. The van der Waals surface area contributed by atoms with E-state index in [2.05, 4.69) is 36.4 Å². The molecule has 100 valence electrons. The smallest absolute Gasteiger partial charge is 0.233 e. The van der Waals surface area contributed by atoms with Crippen LogP contribution in [0.5, 0.6) is 0 Å². The summed E-state index contributed by atoms with van der Waals surface area (Å²) in [5.41, 5.74) is 0. The maximum atomic E-state index is 11.6. The lowest BCUT2D eigenvalue weighted by atomic mass is 9.98. The molecule has 1 saturated heterocycles. The predicted molar refractivity (Wildman–Crippen MR) is 71.0 cm³/mol. The fourth-order valence-electron chi connectivity index (χ4n) is 2.17. The molecular formula is C13H27N3O. The van der Waals surface area contributed by atoms with Gasteiger partial charge in [-0.1, -0.05) is 6.92 Å². The Morgan fingerprint density at radius 3 is 2.94 bits per heavy atom. The lowest BCUT2D eigenvalue weighted by molar-refractivity contribution is -0.120. The third kappa shape index (κ3) is 6.03. The van der Waals surface area contributed by atoms with Crippen molar-refractivity contribution >= 4 is 5.91 Å². The molecule has 0 aromatic carbocycles. The summed E-state index contributed by atoms with van der Waals surface area (Å²) in [6.07, 6.45) is 3.55. The van der Waals surface area contributed by atoms with E-state index < -0.39 is 0 Å². The quantitative estimate of drug-likeness (QED) is 0.724. The van der Waals surface area contributed by atoms with E-state index in [1.807, 2.05) is 0 Å². The molecule has 0 saturated carbocycles. The Morgan fingerprint density at radius 2 is 2.29 bits per heavy atom. The van der Waals surface area contributed by atoms with Crippen molar-refractivity contribution in [2.45, 2.75) is 39.2 Å². The molecule has 0 aliphatic carbocycles. The Labute approximate surface area is 105 Å². The van der Waals surface area contributed by atoms with E-state index in [9.17, 15) is 4.79 Å². The first kappa shape index (κ1) is 14.5. The molecule has 0 aromatic rings. The number of nitrogens with zero attached hydrogens (tertiary/aromatic N) is 1. The van der Waals surface area contributed by atoms with Crippen molar-refractivity contribution in [1.82, 2.24) is 15.5 Å². The van der Waals surface area contributed by atoms with Crippen LogP contribution in [0.1, 0.15) is 33.1 Å². The van der Waals surface area contributed by atoms with Gasteiger partial charge in [-0.15, -0.1) is 0 Å². The Balaban J connectivity index is 2.10. The number of piperidine rings is 1. The topological polar surface area (TPSA) is 44.4 Å². The van der Waals surface area contributed by atoms with E-state index >= 15 is 0 Å². The number of carbonyl (C=O) groups excluding carboxylic acids is 1. The zero-order valence-corrected chi connectivity index (χ0v) is 11.5. The maximum Gasteiger partial charge on any atom is 0.233 e. The number of amides is 1. The zero-order valence-electron chi connectivity index (χ0n) is 11.5. The van der Waals surface area contributed by atoms with Crippen molar-refractivity contribution in [2.75, 3.05) is 33.2 Å². The van der Waals surface area contributed by atoms with Crippen LogP contribution in [0.15, 0.2) is 0 Å². The Hall–Kier alpha value is -0.610. The van der Waals surface area contributed by atoms with Gasteiger partial charge in [0.1, 0.15) is 0 Å². The molecule has 17 heavy (non-hydrogen) atoms. The summed E-state index contributed by atoms with van der Waals surface area (Å²) in [4.78, 5) is 13.9. The molecule has 2 atom stereocenters. The van der Waals surface area contributed by atoms with Crippen LogP contribution < -0.4 is 10.6 Å². The van der Waals surface area contributed by atoms with Crippen LogP contribution in [0.3, 0.4) is 0 Å². The highest BCUT2D eigenvalue weighted by Crippen LogP contribution is 2.13. The molecule has 0 bridgehead atoms. The van der Waals surface area contributed by atoms with Crippen molar-refractivity contribution < 1.29 is 4.79 Å². The van der Waals surface area contributed by atoms with Gasteiger partial charge in [-0.3, -0.25) is 4.79 Å². The zero-order chi connectivity index (χ0) is 12.7. The highest BCUT2D eigenvalue weighted by Gasteiger charge is 2.17. The molecule has 0 radical (unpaired) electrons. The molecule has 1 heterocycles. The number of rotatable bonds is 6.